The lowest BCUT2D eigenvalue weighted by Crippen LogP contribution is -2.44. The molecule has 1 aromatic heterocycles. The van der Waals surface area contributed by atoms with Crippen molar-refractivity contribution in [1.29, 1.82) is 0 Å². The van der Waals surface area contributed by atoms with Crippen LogP contribution in [0.4, 0.5) is 4.79 Å². The fourth-order valence-corrected chi connectivity index (χ4v) is 7.52. The zero-order valence-corrected chi connectivity index (χ0v) is 23.8. The molecular formula is C28H42N4O5S. The van der Waals surface area contributed by atoms with E-state index in [0.29, 0.717) is 31.2 Å². The van der Waals surface area contributed by atoms with Gasteiger partial charge in [-0.2, -0.15) is 9.29 Å². The Morgan fingerprint density at radius 1 is 1.03 bits per heavy atom. The second-order valence-corrected chi connectivity index (χ2v) is 13.7. The van der Waals surface area contributed by atoms with E-state index in [1.165, 1.54) is 5.56 Å². The number of alkyl carbamates (subject to hydrolysis) is 1. The molecule has 9 nitrogen and oxygen atoms in total. The molecule has 1 saturated carbocycles. The van der Waals surface area contributed by atoms with Gasteiger partial charge in [0.05, 0.1) is 5.25 Å². The number of amides is 1. The van der Waals surface area contributed by atoms with Gasteiger partial charge in [0.15, 0.2) is 5.82 Å². The molecule has 10 heteroatoms. The van der Waals surface area contributed by atoms with Crippen molar-refractivity contribution in [3.8, 4) is 0 Å². The minimum atomic E-state index is -3.37. The molecule has 1 saturated heterocycles. The van der Waals surface area contributed by atoms with Crippen molar-refractivity contribution in [2.75, 3.05) is 6.54 Å². The van der Waals surface area contributed by atoms with E-state index in [1.54, 1.807) is 4.31 Å². The van der Waals surface area contributed by atoms with Crippen LogP contribution >= 0.6 is 0 Å². The first-order chi connectivity index (χ1) is 18.1. The second-order valence-electron chi connectivity index (χ2n) is 11.5. The highest BCUT2D eigenvalue weighted by Crippen LogP contribution is 2.36. The Morgan fingerprint density at radius 3 is 2.42 bits per heavy atom. The predicted octanol–water partition coefficient (Wildman–Crippen LogP) is 5.46. The number of nitrogens with zero attached hydrogens (tertiary/aromatic N) is 3. The maximum Gasteiger partial charge on any atom is 0.407 e. The fraction of sp³-hybridized carbons (Fsp3) is 0.679. The van der Waals surface area contributed by atoms with Gasteiger partial charge < -0.3 is 14.6 Å². The molecule has 1 N–H and O–H groups in total. The molecular weight excluding hydrogens is 504 g/mol. The van der Waals surface area contributed by atoms with Crippen LogP contribution in [0.5, 0.6) is 0 Å². The molecule has 1 aliphatic carbocycles. The van der Waals surface area contributed by atoms with Crippen LogP contribution in [0.25, 0.3) is 0 Å². The van der Waals surface area contributed by atoms with Crippen LogP contribution in [0.2, 0.25) is 0 Å². The van der Waals surface area contributed by atoms with Gasteiger partial charge in [-0.1, -0.05) is 55.1 Å². The first kappa shape index (κ1) is 28.5. The van der Waals surface area contributed by atoms with E-state index in [0.717, 1.165) is 69.8 Å². The minimum Gasteiger partial charge on any atom is -0.444 e. The van der Waals surface area contributed by atoms with Gasteiger partial charge in [-0.15, -0.1) is 0 Å². The number of hydrogen-bond acceptors (Lipinski definition) is 7. The molecule has 0 bridgehead atoms. The first-order valence-electron chi connectivity index (χ1n) is 14.0. The SMILES string of the molecule is CC(C)(C)OC(=O)NCc1ccc(CCCc2noc([C@@H]3CCCCN3S(=O)(=O)C3CCCCC3)n2)cc1. The van der Waals surface area contributed by atoms with Crippen molar-refractivity contribution in [2.24, 2.45) is 0 Å². The zero-order valence-electron chi connectivity index (χ0n) is 22.9. The number of benzene rings is 1. The molecule has 0 unspecified atom stereocenters. The molecule has 1 amide bonds. The standard InChI is InChI=1S/C28H42N4O5S/c1-28(2,3)36-27(33)29-20-22-17-15-21(16-18-22)10-9-14-25-30-26(37-31-25)24-13-7-8-19-32(24)38(34,35)23-11-5-4-6-12-23/h15-18,23-24H,4-14,19-20H2,1-3H3,(H,29,33)/t24-/m0/s1. The van der Waals surface area contributed by atoms with Crippen LogP contribution in [-0.2, 0) is 34.1 Å². The number of carbonyl (C=O) groups excluding carboxylic acids is 1. The van der Waals surface area contributed by atoms with Crippen molar-refractivity contribution >= 4 is 16.1 Å². The van der Waals surface area contributed by atoms with Gasteiger partial charge in [0, 0.05) is 19.5 Å². The third-order valence-electron chi connectivity index (χ3n) is 7.25. The summed E-state index contributed by atoms with van der Waals surface area (Å²) < 4.78 is 39.4. The van der Waals surface area contributed by atoms with E-state index in [9.17, 15) is 13.2 Å². The van der Waals surface area contributed by atoms with Crippen LogP contribution in [-0.4, -0.2) is 46.4 Å². The molecule has 1 aliphatic heterocycles. The summed E-state index contributed by atoms with van der Waals surface area (Å²) in [5, 5.41) is 6.66. The Balaban J connectivity index is 1.27. The van der Waals surface area contributed by atoms with Crippen molar-refractivity contribution in [3.05, 3.63) is 47.1 Å². The molecule has 2 heterocycles. The van der Waals surface area contributed by atoms with Crippen LogP contribution in [0.1, 0.15) is 107 Å². The fourth-order valence-electron chi connectivity index (χ4n) is 5.28. The Bertz CT molecular complexity index is 1150. The number of nitrogens with one attached hydrogen (secondary N) is 1. The number of piperidine rings is 1. The highest BCUT2D eigenvalue weighted by Gasteiger charge is 2.41. The van der Waals surface area contributed by atoms with Crippen LogP contribution in [0.15, 0.2) is 28.8 Å². The quantitative estimate of drug-likeness (QED) is 0.444. The van der Waals surface area contributed by atoms with Crippen molar-refractivity contribution in [1.82, 2.24) is 19.8 Å². The van der Waals surface area contributed by atoms with Gasteiger partial charge in [0.1, 0.15) is 11.6 Å². The van der Waals surface area contributed by atoms with Gasteiger partial charge in [-0.25, -0.2) is 13.2 Å². The summed E-state index contributed by atoms with van der Waals surface area (Å²) >= 11 is 0. The van der Waals surface area contributed by atoms with E-state index in [1.807, 2.05) is 32.9 Å². The third kappa shape index (κ3) is 7.79. The number of carbonyl (C=O) groups is 1. The van der Waals surface area contributed by atoms with Crippen LogP contribution in [0.3, 0.4) is 0 Å². The molecule has 210 valence electrons. The van der Waals surface area contributed by atoms with Crippen molar-refractivity contribution < 1.29 is 22.5 Å². The Morgan fingerprint density at radius 2 is 1.71 bits per heavy atom. The van der Waals surface area contributed by atoms with E-state index < -0.39 is 21.7 Å². The summed E-state index contributed by atoms with van der Waals surface area (Å²) in [6.45, 7) is 6.46. The summed E-state index contributed by atoms with van der Waals surface area (Å²) in [6.07, 6.45) is 9.10. The smallest absolute Gasteiger partial charge is 0.407 e. The van der Waals surface area contributed by atoms with Gasteiger partial charge in [-0.05, 0) is 70.4 Å². The summed E-state index contributed by atoms with van der Waals surface area (Å²) in [5.41, 5.74) is 1.67. The van der Waals surface area contributed by atoms with Gasteiger partial charge in [0.2, 0.25) is 15.9 Å². The lowest BCUT2D eigenvalue weighted by atomic mass is 10.0. The van der Waals surface area contributed by atoms with E-state index in [-0.39, 0.29) is 11.3 Å². The molecule has 1 aromatic carbocycles. The predicted molar refractivity (Wildman–Crippen MR) is 145 cm³/mol. The van der Waals surface area contributed by atoms with Gasteiger partial charge in [0.25, 0.3) is 0 Å². The van der Waals surface area contributed by atoms with E-state index in [4.69, 9.17) is 9.26 Å². The van der Waals surface area contributed by atoms with Crippen LogP contribution in [0, 0.1) is 0 Å². The molecule has 2 aromatic rings. The number of aromatic nitrogens is 2. The summed E-state index contributed by atoms with van der Waals surface area (Å²) in [5.74, 6) is 1.06. The third-order valence-corrected chi connectivity index (χ3v) is 9.65. The molecule has 1 atom stereocenters. The molecule has 4 rings (SSSR count). The van der Waals surface area contributed by atoms with Crippen molar-refractivity contribution in [3.63, 3.8) is 0 Å². The van der Waals surface area contributed by atoms with E-state index in [2.05, 4.69) is 27.6 Å². The molecule has 38 heavy (non-hydrogen) atoms. The average Bonchev–Trinajstić information content (AvgIpc) is 3.36. The lowest BCUT2D eigenvalue weighted by Gasteiger charge is -2.36. The average molecular weight is 547 g/mol. The Hall–Kier alpha value is -2.46. The topological polar surface area (TPSA) is 115 Å². The summed E-state index contributed by atoms with van der Waals surface area (Å²) in [6, 6.07) is 7.78. The lowest BCUT2D eigenvalue weighted by molar-refractivity contribution is 0.0523. The van der Waals surface area contributed by atoms with Crippen molar-refractivity contribution in [2.45, 2.75) is 115 Å². The van der Waals surface area contributed by atoms with E-state index >= 15 is 0 Å². The maximum atomic E-state index is 13.4. The van der Waals surface area contributed by atoms with Gasteiger partial charge in [-0.3, -0.25) is 0 Å². The number of hydrogen-bond donors (Lipinski definition) is 1. The van der Waals surface area contributed by atoms with Crippen LogP contribution < -0.4 is 5.32 Å². The van der Waals surface area contributed by atoms with Gasteiger partial charge >= 0.3 is 6.09 Å². The molecule has 0 spiro atoms. The largest absolute Gasteiger partial charge is 0.444 e. The minimum absolute atomic E-state index is 0.279. The maximum absolute atomic E-state index is 13.4. The number of rotatable bonds is 9. The Labute approximate surface area is 226 Å². The summed E-state index contributed by atoms with van der Waals surface area (Å²) in [7, 11) is -3.37. The Kier molecular flexibility index (Phi) is 9.46. The highest BCUT2D eigenvalue weighted by atomic mass is 32.2. The number of aryl methyl sites for hydroxylation is 2. The highest BCUT2D eigenvalue weighted by molar-refractivity contribution is 7.89. The second kappa shape index (κ2) is 12.6. The monoisotopic (exact) mass is 546 g/mol. The molecule has 0 radical (unpaired) electrons. The first-order valence-corrected chi connectivity index (χ1v) is 15.5. The number of ether oxygens (including phenoxy) is 1. The summed E-state index contributed by atoms with van der Waals surface area (Å²) in [4.78, 5) is 16.5. The normalized spacial score (nSPS) is 19.8. The molecule has 2 fully saturated rings. The number of sulfonamides is 1. The molecule has 2 aliphatic rings. The zero-order chi connectivity index (χ0) is 27.2.